The molecule has 0 amide bonds. The molecule has 1 aromatic heterocycles. The monoisotopic (exact) mass is 289 g/mol. The summed E-state index contributed by atoms with van der Waals surface area (Å²) in [6, 6.07) is 21.7. The van der Waals surface area contributed by atoms with Crippen molar-refractivity contribution in [1.82, 2.24) is 10.2 Å². The van der Waals surface area contributed by atoms with Crippen LogP contribution in [0.3, 0.4) is 0 Å². The van der Waals surface area contributed by atoms with Gasteiger partial charge in [0.2, 0.25) is 5.88 Å². The van der Waals surface area contributed by atoms with Gasteiger partial charge < -0.3 is 4.74 Å². The van der Waals surface area contributed by atoms with Crippen LogP contribution in [0.4, 0.5) is 0 Å². The van der Waals surface area contributed by atoms with Crippen LogP contribution in [-0.4, -0.2) is 10.2 Å². The molecule has 0 radical (unpaired) electrons. The van der Waals surface area contributed by atoms with Crippen LogP contribution in [0.5, 0.6) is 11.6 Å². The summed E-state index contributed by atoms with van der Waals surface area (Å²) in [6.45, 7) is 0. The molecule has 3 rings (SSSR count). The Morgan fingerprint density at radius 3 is 2.50 bits per heavy atom. The van der Waals surface area contributed by atoms with Gasteiger partial charge in [-0.3, -0.25) is 0 Å². The molecule has 0 aliphatic carbocycles. The smallest absolute Gasteiger partial charge is 0.215 e. The Hall–Kier alpha value is -3.06. The second kappa shape index (κ2) is 6.59. The van der Waals surface area contributed by atoms with E-state index in [0.29, 0.717) is 12.3 Å². The number of rotatable bonds is 5. The first kappa shape index (κ1) is 13.9. The van der Waals surface area contributed by atoms with Crippen molar-refractivity contribution < 1.29 is 4.74 Å². The number of nitriles is 1. The fourth-order valence-corrected chi connectivity index (χ4v) is 2.18. The highest BCUT2D eigenvalue weighted by Gasteiger charge is 2.04. The summed E-state index contributed by atoms with van der Waals surface area (Å²) in [5, 5.41) is 15.8. The average Bonchev–Trinajstić information content (AvgIpc) is 2.98. The molecule has 0 aliphatic rings. The number of benzene rings is 2. The minimum atomic E-state index is 0.408. The number of aromatic nitrogens is 2. The highest BCUT2D eigenvalue weighted by atomic mass is 16.5. The van der Waals surface area contributed by atoms with Gasteiger partial charge in [0.1, 0.15) is 5.75 Å². The molecular weight excluding hydrogens is 274 g/mol. The Morgan fingerprint density at radius 1 is 1.00 bits per heavy atom. The third-order valence-corrected chi connectivity index (χ3v) is 3.27. The normalized spacial score (nSPS) is 10.1. The lowest BCUT2D eigenvalue weighted by Gasteiger charge is -2.02. The maximum absolute atomic E-state index is 8.65. The highest BCUT2D eigenvalue weighted by Crippen LogP contribution is 2.21. The van der Waals surface area contributed by atoms with E-state index in [0.717, 1.165) is 23.4 Å². The second-order valence-corrected chi connectivity index (χ2v) is 4.97. The molecule has 108 valence electrons. The van der Waals surface area contributed by atoms with Gasteiger partial charge in [0, 0.05) is 12.5 Å². The van der Waals surface area contributed by atoms with Crippen molar-refractivity contribution >= 4 is 0 Å². The van der Waals surface area contributed by atoms with Gasteiger partial charge in [-0.25, -0.2) is 5.10 Å². The SMILES string of the molecule is N#CCc1ccc(Oc2cc(Cc3ccccc3)n[nH]2)cc1. The van der Waals surface area contributed by atoms with E-state index in [9.17, 15) is 0 Å². The second-order valence-electron chi connectivity index (χ2n) is 4.97. The lowest BCUT2D eigenvalue weighted by Crippen LogP contribution is -1.87. The van der Waals surface area contributed by atoms with Crippen LogP contribution >= 0.6 is 0 Å². The zero-order valence-electron chi connectivity index (χ0n) is 12.0. The third kappa shape index (κ3) is 3.53. The van der Waals surface area contributed by atoms with E-state index in [4.69, 9.17) is 10.00 Å². The van der Waals surface area contributed by atoms with E-state index >= 15 is 0 Å². The van der Waals surface area contributed by atoms with Crippen molar-refractivity contribution in [3.8, 4) is 17.7 Å². The van der Waals surface area contributed by atoms with Gasteiger partial charge in [-0.2, -0.15) is 10.4 Å². The maximum Gasteiger partial charge on any atom is 0.215 e. The van der Waals surface area contributed by atoms with E-state index in [1.807, 2.05) is 48.5 Å². The Morgan fingerprint density at radius 2 is 1.77 bits per heavy atom. The van der Waals surface area contributed by atoms with E-state index < -0.39 is 0 Å². The summed E-state index contributed by atoms with van der Waals surface area (Å²) < 4.78 is 5.73. The number of hydrogen-bond donors (Lipinski definition) is 1. The maximum atomic E-state index is 8.65. The van der Waals surface area contributed by atoms with Gasteiger partial charge in [-0.05, 0) is 23.3 Å². The molecule has 22 heavy (non-hydrogen) atoms. The fraction of sp³-hybridized carbons (Fsp3) is 0.111. The van der Waals surface area contributed by atoms with Crippen molar-refractivity contribution in [2.24, 2.45) is 0 Å². The quantitative estimate of drug-likeness (QED) is 0.775. The Balaban J connectivity index is 1.65. The zero-order valence-corrected chi connectivity index (χ0v) is 12.0. The molecule has 4 heteroatoms. The number of nitrogens with zero attached hydrogens (tertiary/aromatic N) is 2. The fourth-order valence-electron chi connectivity index (χ4n) is 2.18. The summed E-state index contributed by atoms with van der Waals surface area (Å²) in [7, 11) is 0. The Bertz CT molecular complexity index is 770. The highest BCUT2D eigenvalue weighted by molar-refractivity contribution is 5.32. The number of aromatic amines is 1. The van der Waals surface area contributed by atoms with Crippen LogP contribution in [0.25, 0.3) is 0 Å². The standard InChI is InChI=1S/C18H15N3O/c19-11-10-14-6-8-17(9-7-14)22-18-13-16(20-21-18)12-15-4-2-1-3-5-15/h1-9,13H,10,12H2,(H,20,21). The minimum Gasteiger partial charge on any atom is -0.440 e. The van der Waals surface area contributed by atoms with Crippen molar-refractivity contribution in [3.63, 3.8) is 0 Å². The Kier molecular flexibility index (Phi) is 4.17. The first-order valence-corrected chi connectivity index (χ1v) is 7.05. The predicted molar refractivity (Wildman–Crippen MR) is 83.7 cm³/mol. The minimum absolute atomic E-state index is 0.408. The number of hydrogen-bond acceptors (Lipinski definition) is 3. The van der Waals surface area contributed by atoms with Crippen molar-refractivity contribution in [2.45, 2.75) is 12.8 Å². The topological polar surface area (TPSA) is 61.7 Å². The predicted octanol–water partition coefficient (Wildman–Crippen LogP) is 3.86. The van der Waals surface area contributed by atoms with Crippen LogP contribution in [0.15, 0.2) is 60.7 Å². The summed E-state index contributed by atoms with van der Waals surface area (Å²) >= 11 is 0. The van der Waals surface area contributed by atoms with Crippen molar-refractivity contribution in [2.75, 3.05) is 0 Å². The summed E-state index contributed by atoms with van der Waals surface area (Å²) in [4.78, 5) is 0. The van der Waals surface area contributed by atoms with E-state index in [1.165, 1.54) is 5.56 Å². The van der Waals surface area contributed by atoms with Crippen LogP contribution in [0.1, 0.15) is 16.8 Å². The molecule has 0 spiro atoms. The first-order chi connectivity index (χ1) is 10.8. The van der Waals surface area contributed by atoms with Crippen LogP contribution < -0.4 is 4.74 Å². The summed E-state index contributed by atoms with van der Waals surface area (Å²) in [5.41, 5.74) is 3.12. The van der Waals surface area contributed by atoms with Crippen LogP contribution in [0, 0.1) is 11.3 Å². The molecule has 1 N–H and O–H groups in total. The zero-order chi connectivity index (χ0) is 15.2. The van der Waals surface area contributed by atoms with Crippen LogP contribution in [-0.2, 0) is 12.8 Å². The molecule has 0 atom stereocenters. The molecule has 0 bridgehead atoms. The molecular formula is C18H15N3O. The number of H-pyrrole nitrogens is 1. The molecule has 0 aliphatic heterocycles. The number of nitrogens with one attached hydrogen (secondary N) is 1. The van der Waals surface area contributed by atoms with E-state index in [2.05, 4.69) is 28.4 Å². The molecule has 2 aromatic carbocycles. The average molecular weight is 289 g/mol. The molecule has 0 saturated heterocycles. The lowest BCUT2D eigenvalue weighted by atomic mass is 10.1. The lowest BCUT2D eigenvalue weighted by molar-refractivity contribution is 0.461. The van der Waals surface area contributed by atoms with E-state index in [-0.39, 0.29) is 0 Å². The summed E-state index contributed by atoms with van der Waals surface area (Å²) in [5.74, 6) is 1.33. The molecule has 3 aromatic rings. The van der Waals surface area contributed by atoms with Gasteiger partial charge in [0.25, 0.3) is 0 Å². The largest absolute Gasteiger partial charge is 0.440 e. The van der Waals surface area contributed by atoms with Gasteiger partial charge in [-0.1, -0.05) is 42.5 Å². The molecule has 0 unspecified atom stereocenters. The molecule has 0 saturated carbocycles. The molecule has 1 heterocycles. The third-order valence-electron chi connectivity index (χ3n) is 3.27. The van der Waals surface area contributed by atoms with Crippen molar-refractivity contribution in [1.29, 1.82) is 5.26 Å². The van der Waals surface area contributed by atoms with Gasteiger partial charge in [0.05, 0.1) is 18.2 Å². The first-order valence-electron chi connectivity index (χ1n) is 7.05. The molecule has 0 fully saturated rings. The van der Waals surface area contributed by atoms with Crippen LogP contribution in [0.2, 0.25) is 0 Å². The molecule has 4 nitrogen and oxygen atoms in total. The van der Waals surface area contributed by atoms with Gasteiger partial charge in [0.15, 0.2) is 0 Å². The van der Waals surface area contributed by atoms with Gasteiger partial charge in [-0.15, -0.1) is 0 Å². The summed E-state index contributed by atoms with van der Waals surface area (Å²) in [6.07, 6.45) is 1.17. The van der Waals surface area contributed by atoms with E-state index in [1.54, 1.807) is 0 Å². The van der Waals surface area contributed by atoms with Crippen molar-refractivity contribution in [3.05, 3.63) is 77.5 Å². The number of ether oxygens (including phenoxy) is 1. The Labute approximate surface area is 129 Å². The van der Waals surface area contributed by atoms with Gasteiger partial charge >= 0.3 is 0 Å².